The first-order valence-corrected chi connectivity index (χ1v) is 12.2. The van der Waals surface area contributed by atoms with E-state index in [2.05, 4.69) is 131 Å². The Hall–Kier alpha value is -2.43. The van der Waals surface area contributed by atoms with Gasteiger partial charge in [-0.2, -0.15) is 0 Å². The Balaban J connectivity index is 2.40. The Labute approximate surface area is 177 Å². The number of benzene rings is 3. The molecule has 1 heteroatoms. The molecule has 0 heterocycles. The zero-order valence-electron chi connectivity index (χ0n) is 18.0. The van der Waals surface area contributed by atoms with E-state index >= 15 is 0 Å². The minimum Gasteiger partial charge on any atom is -0.0816 e. The van der Waals surface area contributed by atoms with Crippen molar-refractivity contribution < 1.29 is 0 Å². The largest absolute Gasteiger partial charge is 0.119 e. The molecule has 148 valence electrons. The van der Waals surface area contributed by atoms with Crippen molar-refractivity contribution in [1.29, 1.82) is 0 Å². The van der Waals surface area contributed by atoms with E-state index in [1.54, 1.807) is 0 Å². The maximum Gasteiger partial charge on any atom is 0.119 e. The molecule has 1 unspecified atom stereocenters. The first kappa shape index (κ1) is 21.3. The Morgan fingerprint density at radius 2 is 1.00 bits per heavy atom. The van der Waals surface area contributed by atoms with Crippen LogP contribution in [0.4, 0.5) is 0 Å². The van der Waals surface area contributed by atoms with Crippen molar-refractivity contribution in [3.05, 3.63) is 114 Å². The van der Waals surface area contributed by atoms with Crippen LogP contribution in [0.3, 0.4) is 0 Å². The molecule has 0 N–H and O–H groups in total. The van der Waals surface area contributed by atoms with E-state index in [0.717, 1.165) is 6.42 Å². The van der Waals surface area contributed by atoms with Crippen LogP contribution in [-0.2, 0) is 0 Å². The smallest absolute Gasteiger partial charge is 0.0816 e. The molecule has 0 aliphatic heterocycles. The summed E-state index contributed by atoms with van der Waals surface area (Å²) in [6, 6.07) is 33.5. The van der Waals surface area contributed by atoms with Gasteiger partial charge in [-0.1, -0.05) is 71.8 Å². The molecule has 0 aliphatic rings. The Kier molecular flexibility index (Phi) is 7.24. The summed E-state index contributed by atoms with van der Waals surface area (Å²) in [5, 5.41) is 4.34. The van der Waals surface area contributed by atoms with E-state index in [1.807, 2.05) is 0 Å². The first-order valence-electron chi connectivity index (χ1n) is 10.4. The van der Waals surface area contributed by atoms with Crippen molar-refractivity contribution >= 4 is 23.2 Å². The lowest BCUT2D eigenvalue weighted by atomic mass is 10.2. The van der Waals surface area contributed by atoms with Crippen LogP contribution in [0.5, 0.6) is 0 Å². The number of allylic oxidation sites excluding steroid dienone is 4. The second-order valence-corrected chi connectivity index (χ2v) is 11.7. The van der Waals surface area contributed by atoms with Gasteiger partial charge in [-0.25, -0.2) is 0 Å². The zero-order valence-corrected chi connectivity index (χ0v) is 18.9. The van der Waals surface area contributed by atoms with Crippen LogP contribution in [0, 0.1) is 0 Å². The quantitative estimate of drug-likeness (QED) is 0.307. The molecule has 0 spiro atoms. The van der Waals surface area contributed by atoms with Crippen molar-refractivity contribution in [3.63, 3.8) is 0 Å². The molecule has 0 aliphatic carbocycles. The lowest BCUT2D eigenvalue weighted by molar-refractivity contribution is 1.02. The maximum atomic E-state index is 2.51. The summed E-state index contributed by atoms with van der Waals surface area (Å²) in [5.74, 6) is 0. The van der Waals surface area contributed by atoms with Crippen molar-refractivity contribution in [3.8, 4) is 0 Å². The normalized spacial score (nSPS) is 12.1. The van der Waals surface area contributed by atoms with Crippen molar-refractivity contribution in [2.45, 2.75) is 39.8 Å². The highest BCUT2D eigenvalue weighted by atomic mass is 31.2. The molecule has 0 bridgehead atoms. The molecule has 3 aromatic carbocycles. The predicted octanol–water partition coefficient (Wildman–Crippen LogP) is 6.67. The standard InChI is InChI=1S/C28H32P/c1-23(2)20-21-28(22-24(3)4)29(25-14-8-5-9-15-25,26-16-10-6-11-17-26)27-18-12-7-13-19-27/h5-20,22,28H,21H2,1-4H3/q+1. The topological polar surface area (TPSA) is 0 Å². The van der Waals surface area contributed by atoms with Gasteiger partial charge in [0.05, 0.1) is 0 Å². The van der Waals surface area contributed by atoms with Gasteiger partial charge in [-0.3, -0.25) is 0 Å². The van der Waals surface area contributed by atoms with E-state index in [0.29, 0.717) is 5.66 Å². The minimum atomic E-state index is -1.89. The van der Waals surface area contributed by atoms with E-state index < -0.39 is 7.26 Å². The number of rotatable bonds is 7. The third-order valence-corrected chi connectivity index (χ3v) is 9.97. The summed E-state index contributed by atoms with van der Waals surface area (Å²) in [5.41, 5.74) is 3.17. The summed E-state index contributed by atoms with van der Waals surface area (Å²) < 4.78 is 0. The van der Waals surface area contributed by atoms with Crippen LogP contribution < -0.4 is 15.9 Å². The van der Waals surface area contributed by atoms with Crippen LogP contribution in [-0.4, -0.2) is 5.66 Å². The number of hydrogen-bond donors (Lipinski definition) is 0. The average molecular weight is 400 g/mol. The first-order chi connectivity index (χ1) is 14.0. The van der Waals surface area contributed by atoms with Crippen molar-refractivity contribution in [2.75, 3.05) is 0 Å². The Morgan fingerprint density at radius 3 is 1.31 bits per heavy atom. The Bertz CT molecular complexity index is 848. The molecule has 0 nitrogen and oxygen atoms in total. The van der Waals surface area contributed by atoms with Gasteiger partial charge in [0.2, 0.25) is 0 Å². The SMILES string of the molecule is CC(C)=CCC(C=C(C)C)[P+](c1ccccc1)(c1ccccc1)c1ccccc1. The molecule has 0 aromatic heterocycles. The zero-order chi connectivity index (χ0) is 20.7. The van der Waals surface area contributed by atoms with Gasteiger partial charge in [0.15, 0.2) is 0 Å². The minimum absolute atomic E-state index is 0.412. The third-order valence-electron chi connectivity index (χ3n) is 5.28. The molecule has 0 fully saturated rings. The fraction of sp³-hybridized carbons (Fsp3) is 0.214. The van der Waals surface area contributed by atoms with Gasteiger partial charge in [-0.05, 0) is 70.2 Å². The van der Waals surface area contributed by atoms with Crippen molar-refractivity contribution in [2.24, 2.45) is 0 Å². The molecule has 3 aromatic rings. The molecule has 29 heavy (non-hydrogen) atoms. The van der Waals surface area contributed by atoms with E-state index in [-0.39, 0.29) is 0 Å². The third kappa shape index (κ3) is 4.77. The van der Waals surface area contributed by atoms with Crippen molar-refractivity contribution in [1.82, 2.24) is 0 Å². The summed E-state index contributed by atoms with van der Waals surface area (Å²) in [7, 11) is -1.89. The fourth-order valence-electron chi connectivity index (χ4n) is 4.09. The molecule has 0 amide bonds. The monoisotopic (exact) mass is 399 g/mol. The molecular formula is C28H32P+. The summed E-state index contributed by atoms with van der Waals surface area (Å²) in [4.78, 5) is 0. The molecular weight excluding hydrogens is 367 g/mol. The lowest BCUT2D eigenvalue weighted by Crippen LogP contribution is -2.38. The fourth-order valence-corrected chi connectivity index (χ4v) is 9.00. The highest BCUT2D eigenvalue weighted by Crippen LogP contribution is 2.61. The maximum absolute atomic E-state index is 2.51. The van der Waals surface area contributed by atoms with E-state index in [9.17, 15) is 0 Å². The van der Waals surface area contributed by atoms with Crippen LogP contribution >= 0.6 is 7.26 Å². The summed E-state index contributed by atoms with van der Waals surface area (Å²) in [6.07, 6.45) is 5.97. The van der Waals surface area contributed by atoms with Gasteiger partial charge in [0.25, 0.3) is 0 Å². The van der Waals surface area contributed by atoms with Gasteiger partial charge >= 0.3 is 0 Å². The summed E-state index contributed by atoms with van der Waals surface area (Å²) >= 11 is 0. The van der Waals surface area contributed by atoms with E-state index in [4.69, 9.17) is 0 Å². The van der Waals surface area contributed by atoms with Gasteiger partial charge in [0, 0.05) is 6.42 Å². The van der Waals surface area contributed by atoms with Crippen LogP contribution in [0.25, 0.3) is 0 Å². The average Bonchev–Trinajstić information content (AvgIpc) is 2.74. The molecule has 1 atom stereocenters. The van der Waals surface area contributed by atoms with Crippen LogP contribution in [0.1, 0.15) is 34.1 Å². The van der Waals surface area contributed by atoms with Crippen LogP contribution in [0.2, 0.25) is 0 Å². The second kappa shape index (κ2) is 9.86. The molecule has 0 saturated carbocycles. The second-order valence-electron chi connectivity index (χ2n) is 8.06. The summed E-state index contributed by atoms with van der Waals surface area (Å²) in [6.45, 7) is 8.86. The highest BCUT2D eigenvalue weighted by Gasteiger charge is 2.50. The highest BCUT2D eigenvalue weighted by molar-refractivity contribution is 7.96. The molecule has 0 radical (unpaired) electrons. The van der Waals surface area contributed by atoms with E-state index in [1.165, 1.54) is 27.1 Å². The number of hydrogen-bond acceptors (Lipinski definition) is 0. The van der Waals surface area contributed by atoms with Gasteiger partial charge in [-0.15, -0.1) is 0 Å². The van der Waals surface area contributed by atoms with Crippen LogP contribution in [0.15, 0.2) is 114 Å². The molecule has 3 rings (SSSR count). The van der Waals surface area contributed by atoms with Gasteiger partial charge in [0.1, 0.15) is 28.8 Å². The van der Waals surface area contributed by atoms with Gasteiger partial charge < -0.3 is 0 Å². The Morgan fingerprint density at radius 1 is 0.621 bits per heavy atom. The lowest BCUT2D eigenvalue weighted by Gasteiger charge is -2.33. The molecule has 0 saturated heterocycles. The predicted molar refractivity (Wildman–Crippen MR) is 132 cm³/mol.